The first-order valence-corrected chi connectivity index (χ1v) is 8.52. The molecular weight excluding hydrogens is 282 g/mol. The van der Waals surface area contributed by atoms with Gasteiger partial charge in [0.2, 0.25) is 0 Å². The monoisotopic (exact) mass is 299 g/mol. The summed E-state index contributed by atoms with van der Waals surface area (Å²) >= 11 is 0. The summed E-state index contributed by atoms with van der Waals surface area (Å²) in [6.07, 6.45) is 1.19. The maximum Gasteiger partial charge on any atom is 0.184 e. The molecule has 1 unspecified atom stereocenters. The number of fused-ring (bicyclic) bond motifs is 3. The molecule has 0 N–H and O–H groups in total. The van der Waals surface area contributed by atoms with Gasteiger partial charge in [-0.15, -0.1) is 0 Å². The van der Waals surface area contributed by atoms with Crippen LogP contribution in [0.1, 0.15) is 11.5 Å². The number of anilines is 1. The molecule has 0 aliphatic carbocycles. The van der Waals surface area contributed by atoms with Crippen molar-refractivity contribution in [1.29, 1.82) is 0 Å². The Balaban J connectivity index is 2.05. The molecule has 2 aliphatic rings. The maximum atomic E-state index is 11.5. The number of hydrogen-bond donors (Lipinski definition) is 0. The molecule has 7 nitrogen and oxygen atoms in total. The number of hydrogen-bond acceptors (Lipinski definition) is 7. The molecule has 0 bridgehead atoms. The third-order valence-corrected chi connectivity index (χ3v) is 4.15. The van der Waals surface area contributed by atoms with E-state index >= 15 is 0 Å². The van der Waals surface area contributed by atoms with E-state index in [0.717, 1.165) is 6.54 Å². The van der Waals surface area contributed by atoms with Crippen molar-refractivity contribution in [2.75, 3.05) is 37.5 Å². The van der Waals surface area contributed by atoms with Crippen molar-refractivity contribution in [3.05, 3.63) is 11.5 Å². The van der Waals surface area contributed by atoms with Gasteiger partial charge in [0.05, 0.1) is 25.0 Å². The summed E-state index contributed by atoms with van der Waals surface area (Å²) in [7, 11) is -3.17. The molecule has 110 valence electrons. The molecule has 0 amide bonds. The molecule has 1 fully saturated rings. The van der Waals surface area contributed by atoms with E-state index in [-0.39, 0.29) is 11.8 Å². The van der Waals surface area contributed by atoms with Crippen LogP contribution in [-0.2, 0) is 20.3 Å². The highest BCUT2D eigenvalue weighted by Gasteiger charge is 2.34. The van der Waals surface area contributed by atoms with Crippen LogP contribution in [0.4, 0.5) is 5.82 Å². The molecular formula is C12H17N3O4S. The van der Waals surface area contributed by atoms with Gasteiger partial charge in [0, 0.05) is 12.8 Å². The topological polar surface area (TPSA) is 81.6 Å². The molecule has 2 aliphatic heterocycles. The molecule has 0 spiro atoms. The first-order valence-electron chi connectivity index (χ1n) is 6.46. The minimum atomic E-state index is -3.17. The Morgan fingerprint density at radius 3 is 2.90 bits per heavy atom. The second kappa shape index (κ2) is 4.85. The van der Waals surface area contributed by atoms with E-state index in [1.807, 2.05) is 0 Å². The molecule has 0 aromatic carbocycles. The van der Waals surface area contributed by atoms with Crippen LogP contribution in [0, 0.1) is 6.92 Å². The SMILES string of the molecule is Cc1nc(CS(C)(=O)=O)c2c(n1)N1CCOCC1CO2. The first-order chi connectivity index (χ1) is 9.44. The van der Waals surface area contributed by atoms with E-state index in [9.17, 15) is 8.42 Å². The summed E-state index contributed by atoms with van der Waals surface area (Å²) in [5.74, 6) is 1.61. The van der Waals surface area contributed by atoms with Crippen LogP contribution in [0.2, 0.25) is 0 Å². The van der Waals surface area contributed by atoms with Crippen molar-refractivity contribution in [1.82, 2.24) is 9.97 Å². The van der Waals surface area contributed by atoms with Crippen molar-refractivity contribution < 1.29 is 17.9 Å². The van der Waals surface area contributed by atoms with Crippen LogP contribution in [0.15, 0.2) is 0 Å². The summed E-state index contributed by atoms with van der Waals surface area (Å²) in [6.45, 7) is 4.20. The van der Waals surface area contributed by atoms with E-state index in [2.05, 4.69) is 14.9 Å². The molecule has 1 aromatic heterocycles. The maximum absolute atomic E-state index is 11.5. The van der Waals surface area contributed by atoms with Gasteiger partial charge in [-0.25, -0.2) is 18.4 Å². The predicted octanol–water partition coefficient (Wildman–Crippen LogP) is -0.0728. The van der Waals surface area contributed by atoms with Crippen molar-refractivity contribution in [2.45, 2.75) is 18.7 Å². The molecule has 1 saturated heterocycles. The summed E-state index contributed by atoms with van der Waals surface area (Å²) in [5.41, 5.74) is 0.444. The summed E-state index contributed by atoms with van der Waals surface area (Å²) in [6, 6.07) is 0.136. The van der Waals surface area contributed by atoms with Gasteiger partial charge in [0.15, 0.2) is 21.4 Å². The summed E-state index contributed by atoms with van der Waals surface area (Å²) in [5, 5.41) is 0. The number of ether oxygens (including phenoxy) is 2. The van der Waals surface area contributed by atoms with Crippen LogP contribution < -0.4 is 9.64 Å². The quantitative estimate of drug-likeness (QED) is 0.756. The van der Waals surface area contributed by atoms with E-state index in [4.69, 9.17) is 9.47 Å². The van der Waals surface area contributed by atoms with Crippen LogP contribution in [0.3, 0.4) is 0 Å². The van der Waals surface area contributed by atoms with Crippen molar-refractivity contribution in [3.63, 3.8) is 0 Å². The highest BCUT2D eigenvalue weighted by molar-refractivity contribution is 7.89. The highest BCUT2D eigenvalue weighted by atomic mass is 32.2. The second-order valence-electron chi connectivity index (χ2n) is 5.17. The Morgan fingerprint density at radius 1 is 1.35 bits per heavy atom. The van der Waals surface area contributed by atoms with E-state index in [1.165, 1.54) is 6.26 Å². The van der Waals surface area contributed by atoms with Gasteiger partial charge >= 0.3 is 0 Å². The van der Waals surface area contributed by atoms with Crippen LogP contribution in [0.5, 0.6) is 5.75 Å². The normalized spacial score (nSPS) is 21.9. The average Bonchev–Trinajstić information content (AvgIpc) is 2.36. The predicted molar refractivity (Wildman–Crippen MR) is 72.8 cm³/mol. The molecule has 0 saturated carbocycles. The Morgan fingerprint density at radius 2 is 2.15 bits per heavy atom. The fourth-order valence-electron chi connectivity index (χ4n) is 2.54. The van der Waals surface area contributed by atoms with Crippen molar-refractivity contribution in [2.24, 2.45) is 0 Å². The van der Waals surface area contributed by atoms with Gasteiger partial charge in [-0.2, -0.15) is 0 Å². The summed E-state index contributed by atoms with van der Waals surface area (Å²) < 4.78 is 34.2. The number of sulfone groups is 1. The van der Waals surface area contributed by atoms with Crippen molar-refractivity contribution >= 4 is 15.7 Å². The largest absolute Gasteiger partial charge is 0.486 e. The van der Waals surface area contributed by atoms with E-state index in [0.29, 0.717) is 42.9 Å². The van der Waals surface area contributed by atoms with Crippen LogP contribution >= 0.6 is 0 Å². The zero-order chi connectivity index (χ0) is 14.3. The van der Waals surface area contributed by atoms with Crippen LogP contribution in [0.25, 0.3) is 0 Å². The fourth-order valence-corrected chi connectivity index (χ4v) is 3.24. The van der Waals surface area contributed by atoms with Gasteiger partial charge in [-0.3, -0.25) is 0 Å². The number of morpholine rings is 1. The molecule has 8 heteroatoms. The third kappa shape index (κ3) is 2.57. The molecule has 3 rings (SSSR count). The molecule has 1 atom stereocenters. The standard InChI is InChI=1S/C12H17N3O4S/c1-8-13-10(7-20(2,16)17)11-12(14-8)15-3-4-18-5-9(15)6-19-11/h9H,3-7H2,1-2H3. The molecule has 3 heterocycles. The Bertz CT molecular complexity index is 632. The molecule has 20 heavy (non-hydrogen) atoms. The fraction of sp³-hybridized carbons (Fsp3) is 0.667. The Kier molecular flexibility index (Phi) is 3.29. The van der Waals surface area contributed by atoms with Crippen LogP contribution in [-0.4, -0.2) is 57.0 Å². The smallest absolute Gasteiger partial charge is 0.184 e. The minimum Gasteiger partial charge on any atom is -0.486 e. The van der Waals surface area contributed by atoms with Gasteiger partial charge in [0.25, 0.3) is 0 Å². The van der Waals surface area contributed by atoms with E-state index < -0.39 is 9.84 Å². The lowest BCUT2D eigenvalue weighted by Crippen LogP contribution is -2.51. The zero-order valence-electron chi connectivity index (χ0n) is 11.5. The first kappa shape index (κ1) is 13.6. The Hall–Kier alpha value is -1.41. The minimum absolute atomic E-state index is 0.131. The van der Waals surface area contributed by atoms with Crippen molar-refractivity contribution in [3.8, 4) is 5.75 Å². The highest BCUT2D eigenvalue weighted by Crippen LogP contribution is 2.36. The molecule has 1 aromatic rings. The average molecular weight is 299 g/mol. The number of nitrogens with zero attached hydrogens (tertiary/aromatic N) is 3. The number of rotatable bonds is 2. The zero-order valence-corrected chi connectivity index (χ0v) is 12.3. The lowest BCUT2D eigenvalue weighted by Gasteiger charge is -2.40. The van der Waals surface area contributed by atoms with Gasteiger partial charge < -0.3 is 14.4 Å². The van der Waals surface area contributed by atoms with Gasteiger partial charge in [-0.1, -0.05) is 0 Å². The van der Waals surface area contributed by atoms with Gasteiger partial charge in [0.1, 0.15) is 18.1 Å². The number of aryl methyl sites for hydroxylation is 1. The molecule has 0 radical (unpaired) electrons. The third-order valence-electron chi connectivity index (χ3n) is 3.35. The van der Waals surface area contributed by atoms with Gasteiger partial charge in [-0.05, 0) is 6.92 Å². The lowest BCUT2D eigenvalue weighted by atomic mass is 10.2. The second-order valence-corrected chi connectivity index (χ2v) is 7.31. The number of aromatic nitrogens is 2. The summed E-state index contributed by atoms with van der Waals surface area (Å²) in [4.78, 5) is 10.8. The Labute approximate surface area is 117 Å². The van der Waals surface area contributed by atoms with E-state index in [1.54, 1.807) is 6.92 Å². The lowest BCUT2D eigenvalue weighted by molar-refractivity contribution is 0.0692.